The van der Waals surface area contributed by atoms with Crippen molar-refractivity contribution < 1.29 is 8.42 Å². The van der Waals surface area contributed by atoms with Gasteiger partial charge in [-0.3, -0.25) is 0 Å². The van der Waals surface area contributed by atoms with Crippen LogP contribution in [0.15, 0.2) is 47.5 Å². The molecule has 2 aromatic rings. The first-order chi connectivity index (χ1) is 11.0. The van der Waals surface area contributed by atoms with E-state index in [9.17, 15) is 8.42 Å². The van der Waals surface area contributed by atoms with E-state index in [1.54, 1.807) is 12.3 Å². The number of aromatic nitrogens is 1. The average molecular weight is 331 g/mol. The van der Waals surface area contributed by atoms with E-state index in [-0.39, 0.29) is 4.90 Å². The first-order valence-corrected chi connectivity index (χ1v) is 9.30. The molecule has 0 unspecified atom stereocenters. The highest BCUT2D eigenvalue weighted by Crippen LogP contribution is 2.33. The lowest BCUT2D eigenvalue weighted by Gasteiger charge is -2.34. The van der Waals surface area contributed by atoms with Crippen LogP contribution in [0.3, 0.4) is 0 Å². The Morgan fingerprint density at radius 1 is 1.13 bits per heavy atom. The summed E-state index contributed by atoms with van der Waals surface area (Å²) < 4.78 is 23.5. The van der Waals surface area contributed by atoms with Crippen molar-refractivity contribution in [3.05, 3.63) is 53.7 Å². The van der Waals surface area contributed by atoms with Gasteiger partial charge < -0.3 is 4.90 Å². The fourth-order valence-electron chi connectivity index (χ4n) is 3.29. The first-order valence-electron chi connectivity index (χ1n) is 7.75. The molecule has 0 spiro atoms. The molecule has 6 heteroatoms. The van der Waals surface area contributed by atoms with Crippen LogP contribution in [0, 0.1) is 6.92 Å². The van der Waals surface area contributed by atoms with Crippen LogP contribution >= 0.6 is 0 Å². The van der Waals surface area contributed by atoms with E-state index in [1.807, 2.05) is 4.90 Å². The lowest BCUT2D eigenvalue weighted by Crippen LogP contribution is -2.35. The summed E-state index contributed by atoms with van der Waals surface area (Å²) in [6.45, 7) is 3.69. The molecule has 2 heterocycles. The highest BCUT2D eigenvalue weighted by atomic mass is 32.2. The highest BCUT2D eigenvalue weighted by molar-refractivity contribution is 7.89. The van der Waals surface area contributed by atoms with Crippen molar-refractivity contribution in [2.45, 2.75) is 30.6 Å². The largest absolute Gasteiger partial charge is 0.355 e. The van der Waals surface area contributed by atoms with Crippen LogP contribution < -0.4 is 10.0 Å². The van der Waals surface area contributed by atoms with E-state index in [2.05, 4.69) is 36.2 Å². The highest BCUT2D eigenvalue weighted by Gasteiger charge is 2.26. The number of rotatable bonds is 3. The van der Waals surface area contributed by atoms with Crippen molar-refractivity contribution in [3.8, 4) is 0 Å². The lowest BCUT2D eigenvalue weighted by molar-refractivity contribution is 0.498. The van der Waals surface area contributed by atoms with Gasteiger partial charge in [-0.25, -0.2) is 18.5 Å². The fraction of sp³-hybridized carbons (Fsp3) is 0.353. The molecule has 2 N–H and O–H groups in total. The summed E-state index contributed by atoms with van der Waals surface area (Å²) in [5.74, 6) is 0.979. The van der Waals surface area contributed by atoms with Crippen molar-refractivity contribution in [1.82, 2.24) is 4.98 Å². The summed E-state index contributed by atoms with van der Waals surface area (Å²) in [6, 6.07) is 11.6. The van der Waals surface area contributed by atoms with Gasteiger partial charge in [-0.1, -0.05) is 24.3 Å². The number of hydrogen-bond donors (Lipinski definition) is 1. The maximum absolute atomic E-state index is 11.7. The number of pyridine rings is 1. The summed E-state index contributed by atoms with van der Waals surface area (Å²) in [5.41, 5.74) is 2.70. The predicted octanol–water partition coefficient (Wildman–Crippen LogP) is 2.42. The normalized spacial score (nSPS) is 16.5. The van der Waals surface area contributed by atoms with Crippen LogP contribution in [0.5, 0.6) is 0 Å². The van der Waals surface area contributed by atoms with Crippen LogP contribution in [0.25, 0.3) is 0 Å². The van der Waals surface area contributed by atoms with E-state index < -0.39 is 10.0 Å². The molecule has 1 fully saturated rings. The van der Waals surface area contributed by atoms with Crippen LogP contribution in [-0.2, 0) is 10.0 Å². The molecule has 1 aromatic heterocycles. The van der Waals surface area contributed by atoms with E-state index in [4.69, 9.17) is 5.14 Å². The maximum atomic E-state index is 11.7. The maximum Gasteiger partial charge on any atom is 0.241 e. The molecule has 1 aromatic carbocycles. The minimum Gasteiger partial charge on any atom is -0.355 e. The van der Waals surface area contributed by atoms with Crippen molar-refractivity contribution in [2.24, 2.45) is 5.14 Å². The summed E-state index contributed by atoms with van der Waals surface area (Å²) in [6.07, 6.45) is 3.56. The van der Waals surface area contributed by atoms with Crippen molar-refractivity contribution in [3.63, 3.8) is 0 Å². The minimum absolute atomic E-state index is 0.106. The Morgan fingerprint density at radius 2 is 1.83 bits per heavy atom. The standard InChI is InChI=1S/C17H21N3O2S/c1-13-5-2-3-6-15(13)14-8-11-20(12-9-14)17-16(23(18,21)22)7-4-10-19-17/h2-7,10,14H,8-9,11-12H2,1H3,(H2,18,21,22). The minimum atomic E-state index is -3.76. The second kappa shape index (κ2) is 6.29. The van der Waals surface area contributed by atoms with E-state index in [0.29, 0.717) is 11.7 Å². The van der Waals surface area contributed by atoms with Gasteiger partial charge in [0.1, 0.15) is 10.7 Å². The number of anilines is 1. The summed E-state index contributed by atoms with van der Waals surface area (Å²) in [4.78, 5) is 6.38. The van der Waals surface area contributed by atoms with Gasteiger partial charge >= 0.3 is 0 Å². The Kier molecular flexibility index (Phi) is 4.37. The number of piperidine rings is 1. The van der Waals surface area contributed by atoms with Gasteiger partial charge in [-0.15, -0.1) is 0 Å². The average Bonchev–Trinajstić information content (AvgIpc) is 2.55. The molecule has 1 aliphatic heterocycles. The topological polar surface area (TPSA) is 76.3 Å². The van der Waals surface area contributed by atoms with Gasteiger partial charge in [0.15, 0.2) is 0 Å². The molecule has 0 saturated carbocycles. The Bertz CT molecular complexity index is 797. The quantitative estimate of drug-likeness (QED) is 0.937. The van der Waals surface area contributed by atoms with E-state index >= 15 is 0 Å². The number of primary sulfonamides is 1. The molecular weight excluding hydrogens is 310 g/mol. The van der Waals surface area contributed by atoms with Gasteiger partial charge in [-0.05, 0) is 48.9 Å². The molecular formula is C17H21N3O2S. The van der Waals surface area contributed by atoms with Crippen molar-refractivity contribution >= 4 is 15.8 Å². The second-order valence-corrected chi connectivity index (χ2v) is 7.52. The van der Waals surface area contributed by atoms with Gasteiger partial charge in [0.2, 0.25) is 10.0 Å². The third-order valence-corrected chi connectivity index (χ3v) is 5.41. The Balaban J connectivity index is 1.79. The molecule has 3 rings (SSSR count). The zero-order valence-corrected chi connectivity index (χ0v) is 14.0. The van der Waals surface area contributed by atoms with Crippen LogP contribution in [0.4, 0.5) is 5.82 Å². The molecule has 0 radical (unpaired) electrons. The first kappa shape index (κ1) is 16.0. The SMILES string of the molecule is Cc1ccccc1C1CCN(c2ncccc2S(N)(=O)=O)CC1. The van der Waals surface area contributed by atoms with E-state index in [1.165, 1.54) is 17.2 Å². The Hall–Kier alpha value is -1.92. The molecule has 23 heavy (non-hydrogen) atoms. The predicted molar refractivity (Wildman–Crippen MR) is 91.0 cm³/mol. The van der Waals surface area contributed by atoms with Gasteiger partial charge in [0.25, 0.3) is 0 Å². The smallest absolute Gasteiger partial charge is 0.241 e. The van der Waals surface area contributed by atoms with Crippen LogP contribution in [-0.4, -0.2) is 26.5 Å². The van der Waals surface area contributed by atoms with Gasteiger partial charge in [0.05, 0.1) is 0 Å². The number of aryl methyl sites for hydroxylation is 1. The van der Waals surface area contributed by atoms with Gasteiger partial charge in [0, 0.05) is 19.3 Å². The number of benzene rings is 1. The van der Waals surface area contributed by atoms with Crippen molar-refractivity contribution in [1.29, 1.82) is 0 Å². The number of nitrogens with zero attached hydrogens (tertiary/aromatic N) is 2. The van der Waals surface area contributed by atoms with Gasteiger partial charge in [-0.2, -0.15) is 0 Å². The molecule has 0 aliphatic carbocycles. The second-order valence-electron chi connectivity index (χ2n) is 5.99. The zero-order valence-electron chi connectivity index (χ0n) is 13.1. The number of sulfonamides is 1. The lowest BCUT2D eigenvalue weighted by atomic mass is 9.87. The third-order valence-electron chi connectivity index (χ3n) is 4.48. The molecule has 0 atom stereocenters. The molecule has 0 bridgehead atoms. The Morgan fingerprint density at radius 3 is 2.48 bits per heavy atom. The zero-order chi connectivity index (χ0) is 16.4. The Labute approximate surface area is 137 Å². The molecule has 0 amide bonds. The monoisotopic (exact) mass is 331 g/mol. The van der Waals surface area contributed by atoms with E-state index in [0.717, 1.165) is 25.9 Å². The molecule has 1 aliphatic rings. The van der Waals surface area contributed by atoms with Crippen LogP contribution in [0.2, 0.25) is 0 Å². The molecule has 122 valence electrons. The summed E-state index contributed by atoms with van der Waals surface area (Å²) in [5, 5.41) is 5.31. The molecule has 5 nitrogen and oxygen atoms in total. The number of nitrogens with two attached hydrogens (primary N) is 1. The number of hydrogen-bond acceptors (Lipinski definition) is 4. The van der Waals surface area contributed by atoms with Crippen LogP contribution in [0.1, 0.15) is 29.9 Å². The summed E-state index contributed by atoms with van der Waals surface area (Å²) >= 11 is 0. The molecule has 1 saturated heterocycles. The fourth-order valence-corrected chi connectivity index (χ4v) is 3.99. The van der Waals surface area contributed by atoms with Crippen molar-refractivity contribution in [2.75, 3.05) is 18.0 Å². The summed E-state index contributed by atoms with van der Waals surface area (Å²) in [7, 11) is -3.76. The third kappa shape index (κ3) is 3.38.